The molecule has 128 valence electrons. The molecule has 2 aromatic rings. The fourth-order valence-corrected chi connectivity index (χ4v) is 2.59. The maximum atomic E-state index is 12.3. The maximum Gasteiger partial charge on any atom is 0.242 e. The number of benzene rings is 2. The Balaban J connectivity index is 1.76. The number of anilines is 3. The molecule has 1 N–H and O–H groups in total. The van der Waals surface area contributed by atoms with Gasteiger partial charge >= 0.3 is 0 Å². The van der Waals surface area contributed by atoms with Crippen LogP contribution in [-0.4, -0.2) is 38.4 Å². The van der Waals surface area contributed by atoms with Crippen LogP contribution >= 0.6 is 0 Å². The lowest BCUT2D eigenvalue weighted by molar-refractivity contribution is -0.460. The molecule has 0 radical (unpaired) electrons. The average molecular weight is 335 g/mol. The van der Waals surface area contributed by atoms with Gasteiger partial charge < -0.3 is 20.2 Å². The molecule has 0 aliphatic carbocycles. The van der Waals surface area contributed by atoms with E-state index in [1.165, 1.54) is 4.68 Å². The summed E-state index contributed by atoms with van der Waals surface area (Å²) in [7, 11) is 5.85. The second-order valence-electron chi connectivity index (χ2n) is 6.00. The number of rotatable bonds is 4. The Kier molecular flexibility index (Phi) is 4.43. The van der Waals surface area contributed by atoms with Crippen LogP contribution in [0.3, 0.4) is 0 Å². The molecule has 6 nitrogen and oxygen atoms in total. The van der Waals surface area contributed by atoms with Crippen molar-refractivity contribution in [3.05, 3.63) is 66.1 Å². The van der Waals surface area contributed by atoms with Crippen molar-refractivity contribution in [1.29, 1.82) is 0 Å². The molecular weight excluding hydrogens is 314 g/mol. The molecule has 0 saturated heterocycles. The molecule has 0 atom stereocenters. The summed E-state index contributed by atoms with van der Waals surface area (Å²) in [6, 6.07) is 15.3. The van der Waals surface area contributed by atoms with Crippen LogP contribution in [0.25, 0.3) is 0 Å². The fourth-order valence-electron chi connectivity index (χ4n) is 2.59. The quantitative estimate of drug-likeness (QED) is 0.401. The van der Waals surface area contributed by atoms with Gasteiger partial charge in [0.05, 0.1) is 17.3 Å². The van der Waals surface area contributed by atoms with Crippen LogP contribution in [0.5, 0.6) is 0 Å². The van der Waals surface area contributed by atoms with E-state index in [1.54, 1.807) is 18.3 Å². The topological polar surface area (TPSA) is 56.9 Å². The van der Waals surface area contributed by atoms with Crippen molar-refractivity contribution < 1.29 is 9.79 Å². The third-order valence-electron chi connectivity index (χ3n) is 4.01. The molecule has 0 fully saturated rings. The highest BCUT2D eigenvalue weighted by molar-refractivity contribution is 5.90. The number of nitrogens with zero attached hydrogens (tertiary/aromatic N) is 4. The van der Waals surface area contributed by atoms with Crippen molar-refractivity contribution in [2.75, 3.05) is 36.3 Å². The van der Waals surface area contributed by atoms with E-state index in [2.05, 4.69) is 17.1 Å². The van der Waals surface area contributed by atoms with Crippen LogP contribution < -0.4 is 20.2 Å². The molecule has 6 heteroatoms. The molecule has 0 unspecified atom stereocenters. The van der Waals surface area contributed by atoms with Gasteiger partial charge in [-0.1, -0.05) is 28.9 Å². The number of nitrogens with one attached hydrogen (secondary N) is 1. The average Bonchev–Trinajstić information content (AvgIpc) is 2.91. The third kappa shape index (κ3) is 3.47. The summed E-state index contributed by atoms with van der Waals surface area (Å²) < 4.78 is 1.28. The Hall–Kier alpha value is -3.28. The predicted octanol–water partition coefficient (Wildman–Crippen LogP) is 1.85. The SMILES string of the molecule is C=[N+](C=C1Nc2ccccc2N1C)/N=C(\[O-])c1ccc(N(C)C)cc1. The Labute approximate surface area is 147 Å². The molecule has 1 heterocycles. The molecule has 25 heavy (non-hydrogen) atoms. The lowest BCUT2D eigenvalue weighted by Gasteiger charge is -2.14. The van der Waals surface area contributed by atoms with E-state index >= 15 is 0 Å². The largest absolute Gasteiger partial charge is 0.854 e. The number of hydrazone groups is 1. The predicted molar refractivity (Wildman–Crippen MR) is 101 cm³/mol. The summed E-state index contributed by atoms with van der Waals surface area (Å²) in [5.41, 5.74) is 3.62. The molecule has 0 amide bonds. The standard InChI is InChI=1S/C19H21N5O/c1-22(2)15-11-9-14(10-12-15)19(25)21-23(3)13-18-20-16-7-5-6-8-17(16)24(18)4/h5-13,20H,3H2,1-2,4H3. The normalized spacial score (nSPS) is 15.1. The van der Waals surface area contributed by atoms with Crippen LogP contribution in [0.1, 0.15) is 5.56 Å². The van der Waals surface area contributed by atoms with E-state index in [9.17, 15) is 5.11 Å². The highest BCUT2D eigenvalue weighted by Gasteiger charge is 2.21. The van der Waals surface area contributed by atoms with E-state index in [1.807, 2.05) is 67.3 Å². The Bertz CT molecular complexity index is 852. The van der Waals surface area contributed by atoms with Crippen LogP contribution in [0.15, 0.2) is 65.7 Å². The second-order valence-corrected chi connectivity index (χ2v) is 6.00. The first-order chi connectivity index (χ1) is 12.0. The fraction of sp³-hybridized carbons (Fsp3) is 0.158. The summed E-state index contributed by atoms with van der Waals surface area (Å²) in [4.78, 5) is 3.96. The minimum absolute atomic E-state index is 0.338. The van der Waals surface area contributed by atoms with Crippen molar-refractivity contribution in [2.45, 2.75) is 0 Å². The summed E-state index contributed by atoms with van der Waals surface area (Å²) >= 11 is 0. The van der Waals surface area contributed by atoms with Crippen molar-refractivity contribution in [2.24, 2.45) is 5.10 Å². The molecule has 3 rings (SSSR count). The first-order valence-electron chi connectivity index (χ1n) is 7.90. The zero-order valence-electron chi connectivity index (χ0n) is 14.6. The molecule has 1 aliphatic heterocycles. The molecule has 2 aromatic carbocycles. The van der Waals surface area contributed by atoms with E-state index in [4.69, 9.17) is 0 Å². The first kappa shape index (κ1) is 16.6. The van der Waals surface area contributed by atoms with E-state index < -0.39 is 0 Å². The number of hydrogen-bond donors (Lipinski definition) is 1. The Morgan fingerprint density at radius 2 is 1.88 bits per heavy atom. The van der Waals surface area contributed by atoms with Crippen LogP contribution in [0.2, 0.25) is 0 Å². The summed E-state index contributed by atoms with van der Waals surface area (Å²) in [5, 5.41) is 19.6. The highest BCUT2D eigenvalue weighted by Crippen LogP contribution is 2.34. The molecular formula is C19H21N5O. The third-order valence-corrected chi connectivity index (χ3v) is 4.01. The monoisotopic (exact) mass is 335 g/mol. The van der Waals surface area contributed by atoms with Gasteiger partial charge in [-0.25, -0.2) is 0 Å². The second kappa shape index (κ2) is 6.68. The van der Waals surface area contributed by atoms with Crippen LogP contribution in [0.4, 0.5) is 17.1 Å². The molecule has 1 aliphatic rings. The minimum atomic E-state index is -0.338. The molecule has 0 saturated carbocycles. The van der Waals surface area contributed by atoms with E-state index in [0.717, 1.165) is 22.9 Å². The van der Waals surface area contributed by atoms with Gasteiger partial charge in [0.2, 0.25) is 6.20 Å². The van der Waals surface area contributed by atoms with Crippen LogP contribution in [-0.2, 0) is 0 Å². The molecule has 0 aromatic heterocycles. The maximum absolute atomic E-state index is 12.3. The van der Waals surface area contributed by atoms with Gasteiger partial charge in [-0.2, -0.15) is 0 Å². The van der Waals surface area contributed by atoms with Gasteiger partial charge in [0.15, 0.2) is 12.5 Å². The zero-order chi connectivity index (χ0) is 18.0. The van der Waals surface area contributed by atoms with Gasteiger partial charge in [-0.05, 0) is 34.9 Å². The van der Waals surface area contributed by atoms with Crippen molar-refractivity contribution in [3.8, 4) is 0 Å². The van der Waals surface area contributed by atoms with Crippen molar-refractivity contribution in [1.82, 2.24) is 0 Å². The number of fused-ring (bicyclic) bond motifs is 1. The molecule has 0 bridgehead atoms. The molecule has 0 spiro atoms. The summed E-state index contributed by atoms with van der Waals surface area (Å²) in [6.45, 7) is 3.80. The lowest BCUT2D eigenvalue weighted by Crippen LogP contribution is -2.22. The summed E-state index contributed by atoms with van der Waals surface area (Å²) in [6.07, 6.45) is 1.69. The van der Waals surface area contributed by atoms with Gasteiger partial charge in [-0.15, -0.1) is 0 Å². The first-order valence-corrected chi connectivity index (χ1v) is 7.90. The minimum Gasteiger partial charge on any atom is -0.854 e. The van der Waals surface area contributed by atoms with Crippen molar-refractivity contribution >= 4 is 29.7 Å². The van der Waals surface area contributed by atoms with Gasteiger partial charge in [0.25, 0.3) is 0 Å². The van der Waals surface area contributed by atoms with Crippen LogP contribution in [0, 0.1) is 0 Å². The number of hydrogen-bond acceptors (Lipinski definition) is 5. The Morgan fingerprint density at radius 1 is 1.20 bits per heavy atom. The Morgan fingerprint density at radius 3 is 2.52 bits per heavy atom. The smallest absolute Gasteiger partial charge is 0.242 e. The van der Waals surface area contributed by atoms with Crippen molar-refractivity contribution in [3.63, 3.8) is 0 Å². The lowest BCUT2D eigenvalue weighted by atomic mass is 10.2. The van der Waals surface area contributed by atoms with Gasteiger partial charge in [0.1, 0.15) is 0 Å². The van der Waals surface area contributed by atoms with Gasteiger partial charge in [-0.3, -0.25) is 0 Å². The van der Waals surface area contributed by atoms with Gasteiger partial charge in [0, 0.05) is 26.8 Å². The highest BCUT2D eigenvalue weighted by atomic mass is 16.3. The summed E-state index contributed by atoms with van der Waals surface area (Å²) in [5.74, 6) is 0.464. The van der Waals surface area contributed by atoms with E-state index in [-0.39, 0.29) is 5.90 Å². The number of para-hydroxylation sites is 2. The zero-order valence-corrected chi connectivity index (χ0v) is 14.6. The van der Waals surface area contributed by atoms with E-state index in [0.29, 0.717) is 5.56 Å².